The minimum atomic E-state index is 0.653. The van der Waals surface area contributed by atoms with Gasteiger partial charge >= 0.3 is 11.5 Å². The minimum absolute atomic E-state index is 0.653. The third-order valence-corrected chi connectivity index (χ3v) is 4.31. The summed E-state index contributed by atoms with van der Waals surface area (Å²) in [6.07, 6.45) is 3.87. The van der Waals surface area contributed by atoms with Crippen molar-refractivity contribution in [2.24, 2.45) is 0 Å². The lowest BCUT2D eigenvalue weighted by Gasteiger charge is -2.08. The Balaban J connectivity index is 2.10. The smallest absolute Gasteiger partial charge is 0.360 e. The molecule has 0 N–H and O–H groups in total. The van der Waals surface area contributed by atoms with E-state index in [4.69, 9.17) is 23.4 Å². The number of fused-ring (bicyclic) bond motifs is 1. The van der Waals surface area contributed by atoms with Crippen molar-refractivity contribution in [2.45, 2.75) is 6.92 Å². The van der Waals surface area contributed by atoms with Crippen LogP contribution in [0.4, 0.5) is 0 Å². The first-order valence-electron chi connectivity index (χ1n) is 8.49. The van der Waals surface area contributed by atoms with Crippen LogP contribution in [0, 0.1) is 6.92 Å². The average Bonchev–Trinajstić information content (AvgIpc) is 2.70. The highest BCUT2D eigenvalue weighted by molar-refractivity contribution is 5.93. The van der Waals surface area contributed by atoms with Gasteiger partial charge in [0.05, 0.1) is 40.7 Å². The molecule has 1 heterocycles. The van der Waals surface area contributed by atoms with E-state index < -0.39 is 0 Å². The van der Waals surface area contributed by atoms with Crippen LogP contribution in [0.25, 0.3) is 22.9 Å². The average molecular weight is 367 g/mol. The first-order chi connectivity index (χ1) is 13.1. The SMILES string of the molecule is COc1ccc(/C=C/c2[o+]c(C)cc3cc(OC)c(OC)cc23)c(OC)c1. The van der Waals surface area contributed by atoms with Crippen LogP contribution in [0.5, 0.6) is 23.0 Å². The fraction of sp³-hybridized carbons (Fsp3) is 0.227. The molecule has 1 aromatic heterocycles. The Hall–Kier alpha value is -3.21. The number of rotatable bonds is 6. The van der Waals surface area contributed by atoms with Gasteiger partial charge in [-0.15, -0.1) is 0 Å². The predicted octanol–water partition coefficient (Wildman–Crippen LogP) is 5.23. The molecule has 5 nitrogen and oxygen atoms in total. The van der Waals surface area contributed by atoms with E-state index >= 15 is 0 Å². The molecule has 0 aliphatic carbocycles. The molecule has 0 fully saturated rings. The van der Waals surface area contributed by atoms with Crippen molar-refractivity contribution in [3.63, 3.8) is 0 Å². The third-order valence-electron chi connectivity index (χ3n) is 4.31. The number of hydrogen-bond acceptors (Lipinski definition) is 4. The van der Waals surface area contributed by atoms with Crippen molar-refractivity contribution in [1.82, 2.24) is 0 Å². The largest absolute Gasteiger partial charge is 0.497 e. The van der Waals surface area contributed by atoms with Gasteiger partial charge in [-0.05, 0) is 24.3 Å². The van der Waals surface area contributed by atoms with E-state index in [1.807, 2.05) is 55.5 Å². The number of hydrogen-bond donors (Lipinski definition) is 0. The second-order valence-corrected chi connectivity index (χ2v) is 5.96. The predicted molar refractivity (Wildman–Crippen MR) is 107 cm³/mol. The lowest BCUT2D eigenvalue weighted by atomic mass is 10.1. The minimum Gasteiger partial charge on any atom is -0.497 e. The van der Waals surface area contributed by atoms with E-state index in [0.717, 1.165) is 39.4 Å². The maximum atomic E-state index is 5.95. The van der Waals surface area contributed by atoms with Crippen molar-refractivity contribution >= 4 is 22.9 Å². The summed E-state index contributed by atoms with van der Waals surface area (Å²) in [6.45, 7) is 1.92. The molecule has 5 heteroatoms. The molecule has 0 amide bonds. The number of benzene rings is 2. The van der Waals surface area contributed by atoms with E-state index in [1.165, 1.54) is 0 Å². The Morgan fingerprint density at radius 3 is 2.11 bits per heavy atom. The van der Waals surface area contributed by atoms with Gasteiger partial charge in [-0.2, -0.15) is 0 Å². The molecule has 140 valence electrons. The Morgan fingerprint density at radius 2 is 1.44 bits per heavy atom. The van der Waals surface area contributed by atoms with E-state index in [0.29, 0.717) is 11.5 Å². The Kier molecular flexibility index (Phi) is 5.50. The molecule has 0 saturated heterocycles. The molecule has 27 heavy (non-hydrogen) atoms. The normalized spacial score (nSPS) is 11.0. The fourth-order valence-electron chi connectivity index (χ4n) is 2.95. The summed E-state index contributed by atoms with van der Waals surface area (Å²) < 4.78 is 27.5. The maximum Gasteiger partial charge on any atom is 0.360 e. The summed E-state index contributed by atoms with van der Waals surface area (Å²) in [7, 11) is 6.51. The summed E-state index contributed by atoms with van der Waals surface area (Å²) in [5, 5.41) is 1.94. The second-order valence-electron chi connectivity index (χ2n) is 5.96. The van der Waals surface area contributed by atoms with Crippen LogP contribution in [-0.4, -0.2) is 28.4 Å². The van der Waals surface area contributed by atoms with Crippen LogP contribution >= 0.6 is 0 Å². The lowest BCUT2D eigenvalue weighted by Crippen LogP contribution is -1.92. The molecule has 0 atom stereocenters. The highest BCUT2D eigenvalue weighted by Gasteiger charge is 2.18. The van der Waals surface area contributed by atoms with E-state index in [2.05, 4.69) is 0 Å². The van der Waals surface area contributed by atoms with Gasteiger partial charge in [0.1, 0.15) is 11.5 Å². The zero-order chi connectivity index (χ0) is 19.4. The molecular formula is C22H23O5+. The standard InChI is InChI=1S/C22H23O5/c1-14-10-16-11-21(25-4)22(26-5)13-18(16)19(27-14)9-7-15-6-8-17(23-2)12-20(15)24-3/h6-13H,1-5H3/q+1/b9-7+. The number of ether oxygens (including phenoxy) is 4. The Labute approximate surface area is 158 Å². The number of aryl methyl sites for hydroxylation is 1. The molecule has 3 rings (SSSR count). The molecule has 2 aromatic carbocycles. The summed E-state index contributed by atoms with van der Waals surface area (Å²) in [5.74, 6) is 4.33. The van der Waals surface area contributed by atoms with Crippen LogP contribution in [0.3, 0.4) is 0 Å². The first-order valence-corrected chi connectivity index (χ1v) is 8.49. The zero-order valence-corrected chi connectivity index (χ0v) is 16.2. The van der Waals surface area contributed by atoms with E-state index in [-0.39, 0.29) is 0 Å². The molecule has 0 unspecified atom stereocenters. The summed E-state index contributed by atoms with van der Waals surface area (Å²) in [4.78, 5) is 0. The molecule has 0 bridgehead atoms. The molecule has 3 aromatic rings. The van der Waals surface area contributed by atoms with Crippen molar-refractivity contribution in [3.8, 4) is 23.0 Å². The van der Waals surface area contributed by atoms with Gasteiger partial charge in [0.15, 0.2) is 11.5 Å². The van der Waals surface area contributed by atoms with Crippen LogP contribution in [0.1, 0.15) is 17.1 Å². The summed E-state index contributed by atoms with van der Waals surface area (Å²) >= 11 is 0. The maximum absolute atomic E-state index is 5.95. The van der Waals surface area contributed by atoms with Crippen LogP contribution in [-0.2, 0) is 0 Å². The highest BCUT2D eigenvalue weighted by Crippen LogP contribution is 2.35. The van der Waals surface area contributed by atoms with Gasteiger partial charge in [0.25, 0.3) is 0 Å². The Morgan fingerprint density at radius 1 is 0.741 bits per heavy atom. The van der Waals surface area contributed by atoms with Gasteiger partial charge < -0.3 is 18.9 Å². The Bertz CT molecular complexity index is 992. The van der Waals surface area contributed by atoms with Gasteiger partial charge in [-0.1, -0.05) is 0 Å². The van der Waals surface area contributed by atoms with Gasteiger partial charge in [0, 0.05) is 35.2 Å². The fourth-order valence-corrected chi connectivity index (χ4v) is 2.95. The topological polar surface area (TPSA) is 48.2 Å². The quantitative estimate of drug-likeness (QED) is 0.559. The molecule has 0 spiro atoms. The third kappa shape index (κ3) is 3.82. The van der Waals surface area contributed by atoms with Crippen LogP contribution < -0.4 is 18.9 Å². The van der Waals surface area contributed by atoms with Crippen LogP contribution in [0.2, 0.25) is 0 Å². The molecule has 0 aliphatic rings. The molecule has 0 radical (unpaired) electrons. The molecule has 0 saturated carbocycles. The lowest BCUT2D eigenvalue weighted by molar-refractivity contribution is 0.355. The summed E-state index contributed by atoms with van der Waals surface area (Å²) in [6, 6.07) is 11.5. The van der Waals surface area contributed by atoms with Crippen molar-refractivity contribution in [1.29, 1.82) is 0 Å². The number of methoxy groups -OCH3 is 4. The highest BCUT2D eigenvalue weighted by atomic mass is 16.5. The van der Waals surface area contributed by atoms with Gasteiger partial charge in [-0.3, -0.25) is 0 Å². The van der Waals surface area contributed by atoms with E-state index in [1.54, 1.807) is 28.4 Å². The molecule has 0 aliphatic heterocycles. The van der Waals surface area contributed by atoms with Crippen LogP contribution in [0.15, 0.2) is 40.8 Å². The molecular weight excluding hydrogens is 344 g/mol. The van der Waals surface area contributed by atoms with Gasteiger partial charge in [0.2, 0.25) is 0 Å². The summed E-state index contributed by atoms with van der Waals surface area (Å²) in [5.41, 5.74) is 0.920. The first kappa shape index (κ1) is 18.6. The van der Waals surface area contributed by atoms with E-state index in [9.17, 15) is 0 Å². The monoisotopic (exact) mass is 367 g/mol. The van der Waals surface area contributed by atoms with Gasteiger partial charge in [-0.25, -0.2) is 4.42 Å². The zero-order valence-electron chi connectivity index (χ0n) is 16.2. The second kappa shape index (κ2) is 7.99. The van der Waals surface area contributed by atoms with Crippen molar-refractivity contribution in [2.75, 3.05) is 28.4 Å². The van der Waals surface area contributed by atoms with Crippen molar-refractivity contribution < 1.29 is 23.4 Å². The van der Waals surface area contributed by atoms with Crippen molar-refractivity contribution in [3.05, 3.63) is 53.5 Å².